The van der Waals surface area contributed by atoms with Crippen molar-refractivity contribution in [1.82, 2.24) is 14.8 Å². The minimum atomic E-state index is -2.55. The average Bonchev–Trinajstić information content (AvgIpc) is 2.74. The maximum absolute atomic E-state index is 13.4. The highest BCUT2D eigenvalue weighted by Crippen LogP contribution is 2.32. The minimum Gasteiger partial charge on any atom is -0.250 e. The molecule has 0 aliphatic carbocycles. The molecule has 1 aromatic carbocycles. The predicted molar refractivity (Wildman–Crippen MR) is 78.4 cm³/mol. The molecular formula is C16H15F2N3. The Hall–Kier alpha value is -2.30. The van der Waals surface area contributed by atoms with E-state index < -0.39 is 6.43 Å². The molecule has 5 heteroatoms. The predicted octanol–water partition coefficient (Wildman–Crippen LogP) is 4.19. The molecule has 0 radical (unpaired) electrons. The summed E-state index contributed by atoms with van der Waals surface area (Å²) in [6.07, 6.45) is -2.55. The Bertz CT molecular complexity index is 804. The summed E-state index contributed by atoms with van der Waals surface area (Å²) < 4.78 is 28.3. The van der Waals surface area contributed by atoms with Gasteiger partial charge in [0.2, 0.25) is 0 Å². The first-order valence-corrected chi connectivity index (χ1v) is 6.67. The zero-order valence-corrected chi connectivity index (χ0v) is 12.1. The maximum atomic E-state index is 13.4. The maximum Gasteiger partial charge on any atom is 0.264 e. The smallest absolute Gasteiger partial charge is 0.250 e. The Morgan fingerprint density at radius 1 is 1.10 bits per heavy atom. The summed E-state index contributed by atoms with van der Waals surface area (Å²) in [6, 6.07) is 9.13. The fourth-order valence-electron chi connectivity index (χ4n) is 2.52. The van der Waals surface area contributed by atoms with Gasteiger partial charge in [0.25, 0.3) is 6.43 Å². The van der Waals surface area contributed by atoms with Crippen LogP contribution in [-0.4, -0.2) is 14.8 Å². The molecule has 0 N–H and O–H groups in total. The largest absolute Gasteiger partial charge is 0.264 e. The van der Waals surface area contributed by atoms with Crippen molar-refractivity contribution in [1.29, 1.82) is 0 Å². The second-order valence-corrected chi connectivity index (χ2v) is 5.17. The van der Waals surface area contributed by atoms with E-state index in [0.717, 1.165) is 11.1 Å². The van der Waals surface area contributed by atoms with E-state index in [9.17, 15) is 8.78 Å². The van der Waals surface area contributed by atoms with Crippen molar-refractivity contribution in [2.75, 3.05) is 0 Å². The summed E-state index contributed by atoms with van der Waals surface area (Å²) >= 11 is 0. The number of fused-ring (bicyclic) bond motifs is 1. The van der Waals surface area contributed by atoms with Crippen molar-refractivity contribution in [3.05, 3.63) is 47.2 Å². The van der Waals surface area contributed by atoms with Gasteiger partial charge >= 0.3 is 0 Å². The third-order valence-electron chi connectivity index (χ3n) is 3.58. The molecule has 2 heterocycles. The first-order chi connectivity index (χ1) is 9.97. The van der Waals surface area contributed by atoms with Crippen LogP contribution in [0.4, 0.5) is 8.78 Å². The molecule has 3 aromatic rings. The van der Waals surface area contributed by atoms with Crippen LogP contribution in [0.2, 0.25) is 0 Å². The van der Waals surface area contributed by atoms with E-state index in [1.165, 1.54) is 6.07 Å². The van der Waals surface area contributed by atoms with Crippen LogP contribution in [0.1, 0.15) is 23.2 Å². The van der Waals surface area contributed by atoms with Gasteiger partial charge in [-0.1, -0.05) is 29.8 Å². The van der Waals surface area contributed by atoms with E-state index in [0.29, 0.717) is 22.4 Å². The van der Waals surface area contributed by atoms with E-state index in [4.69, 9.17) is 0 Å². The molecule has 0 aliphatic rings. The first-order valence-electron chi connectivity index (χ1n) is 6.67. The van der Waals surface area contributed by atoms with Gasteiger partial charge in [-0.25, -0.2) is 13.8 Å². The zero-order valence-electron chi connectivity index (χ0n) is 12.1. The van der Waals surface area contributed by atoms with Crippen LogP contribution in [0.3, 0.4) is 0 Å². The highest BCUT2D eigenvalue weighted by molar-refractivity contribution is 5.85. The summed E-state index contributed by atoms with van der Waals surface area (Å²) in [4.78, 5) is 4.51. The Morgan fingerprint density at radius 3 is 2.38 bits per heavy atom. The fourth-order valence-corrected chi connectivity index (χ4v) is 2.52. The average molecular weight is 287 g/mol. The lowest BCUT2D eigenvalue weighted by Crippen LogP contribution is -1.96. The SMILES string of the molecule is Cc1ccc(-c2cc(C(F)F)c3c(C)nn(C)c3n2)cc1. The zero-order chi connectivity index (χ0) is 15.1. The topological polar surface area (TPSA) is 30.7 Å². The van der Waals surface area contributed by atoms with Gasteiger partial charge in [0.1, 0.15) is 0 Å². The molecule has 0 atom stereocenters. The molecule has 0 unspecified atom stereocenters. The van der Waals surface area contributed by atoms with Crippen LogP contribution in [0.15, 0.2) is 30.3 Å². The molecule has 0 bridgehead atoms. The summed E-state index contributed by atoms with van der Waals surface area (Å²) in [6.45, 7) is 3.71. The van der Waals surface area contributed by atoms with Crippen molar-refractivity contribution in [3.63, 3.8) is 0 Å². The number of aromatic nitrogens is 3. The van der Waals surface area contributed by atoms with Crippen LogP contribution in [0.5, 0.6) is 0 Å². The van der Waals surface area contributed by atoms with Gasteiger partial charge < -0.3 is 0 Å². The number of benzene rings is 1. The van der Waals surface area contributed by atoms with Gasteiger partial charge in [0, 0.05) is 18.2 Å². The van der Waals surface area contributed by atoms with Crippen molar-refractivity contribution in [2.45, 2.75) is 20.3 Å². The van der Waals surface area contributed by atoms with Crippen LogP contribution in [0, 0.1) is 13.8 Å². The highest BCUT2D eigenvalue weighted by Gasteiger charge is 2.19. The van der Waals surface area contributed by atoms with E-state index in [1.54, 1.807) is 18.7 Å². The molecular weight excluding hydrogens is 272 g/mol. The van der Waals surface area contributed by atoms with Gasteiger partial charge in [0.15, 0.2) is 5.65 Å². The number of halogens is 2. The number of rotatable bonds is 2. The summed E-state index contributed by atoms with van der Waals surface area (Å²) in [5.41, 5.74) is 3.53. The summed E-state index contributed by atoms with van der Waals surface area (Å²) in [5, 5.41) is 4.65. The van der Waals surface area contributed by atoms with Gasteiger partial charge in [-0.05, 0) is 19.9 Å². The number of aryl methyl sites for hydroxylation is 3. The van der Waals surface area contributed by atoms with Gasteiger partial charge in [-0.15, -0.1) is 0 Å². The van der Waals surface area contributed by atoms with E-state index in [2.05, 4.69) is 10.1 Å². The fraction of sp³-hybridized carbons (Fsp3) is 0.250. The van der Waals surface area contributed by atoms with E-state index in [-0.39, 0.29) is 5.56 Å². The molecule has 0 aliphatic heterocycles. The van der Waals surface area contributed by atoms with E-state index in [1.807, 2.05) is 31.2 Å². The third-order valence-corrected chi connectivity index (χ3v) is 3.58. The van der Waals surface area contributed by atoms with Crippen LogP contribution >= 0.6 is 0 Å². The number of nitrogens with zero attached hydrogens (tertiary/aromatic N) is 3. The molecule has 21 heavy (non-hydrogen) atoms. The number of pyridine rings is 1. The summed E-state index contributed by atoms with van der Waals surface area (Å²) in [7, 11) is 1.72. The van der Waals surface area contributed by atoms with Crippen molar-refractivity contribution in [3.8, 4) is 11.3 Å². The van der Waals surface area contributed by atoms with E-state index >= 15 is 0 Å². The summed E-state index contributed by atoms with van der Waals surface area (Å²) in [5.74, 6) is 0. The second-order valence-electron chi connectivity index (χ2n) is 5.17. The molecule has 3 nitrogen and oxygen atoms in total. The molecule has 3 rings (SSSR count). The lowest BCUT2D eigenvalue weighted by molar-refractivity contribution is 0.153. The Labute approximate surface area is 121 Å². The van der Waals surface area contributed by atoms with Gasteiger partial charge in [-0.3, -0.25) is 4.68 Å². The third kappa shape index (κ3) is 2.28. The Balaban J connectivity index is 2.30. The van der Waals surface area contributed by atoms with Crippen LogP contribution in [0.25, 0.3) is 22.3 Å². The highest BCUT2D eigenvalue weighted by atomic mass is 19.3. The lowest BCUT2D eigenvalue weighted by Gasteiger charge is -2.08. The second kappa shape index (κ2) is 4.91. The number of hydrogen-bond donors (Lipinski definition) is 0. The van der Waals surface area contributed by atoms with Crippen LogP contribution < -0.4 is 0 Å². The molecule has 0 fully saturated rings. The Morgan fingerprint density at radius 2 is 1.76 bits per heavy atom. The molecule has 0 saturated heterocycles. The van der Waals surface area contributed by atoms with Crippen molar-refractivity contribution < 1.29 is 8.78 Å². The number of hydrogen-bond acceptors (Lipinski definition) is 2. The monoisotopic (exact) mass is 287 g/mol. The Kier molecular flexibility index (Phi) is 3.20. The molecule has 0 amide bonds. The first kappa shape index (κ1) is 13.7. The van der Waals surface area contributed by atoms with Crippen molar-refractivity contribution >= 4 is 11.0 Å². The standard InChI is InChI=1S/C16H15F2N3/c1-9-4-6-11(7-5-9)13-8-12(15(17)18)14-10(2)20-21(3)16(14)19-13/h4-8,15H,1-3H3. The minimum absolute atomic E-state index is 0.0128. The molecule has 2 aromatic heterocycles. The van der Waals surface area contributed by atoms with Gasteiger partial charge in [-0.2, -0.15) is 5.10 Å². The molecule has 0 saturated carbocycles. The van der Waals surface area contributed by atoms with Crippen molar-refractivity contribution in [2.24, 2.45) is 7.05 Å². The quantitative estimate of drug-likeness (QED) is 0.707. The lowest BCUT2D eigenvalue weighted by atomic mass is 10.0. The van der Waals surface area contributed by atoms with Crippen LogP contribution in [-0.2, 0) is 7.05 Å². The van der Waals surface area contributed by atoms with Gasteiger partial charge in [0.05, 0.1) is 16.8 Å². The molecule has 0 spiro atoms. The molecule has 108 valence electrons. The number of alkyl halides is 2. The normalized spacial score (nSPS) is 11.5.